The second-order valence-corrected chi connectivity index (χ2v) is 10.1. The van der Waals surface area contributed by atoms with Crippen molar-refractivity contribution in [3.63, 3.8) is 0 Å². The molecule has 0 bridgehead atoms. The van der Waals surface area contributed by atoms with Crippen LogP contribution in [0.5, 0.6) is 0 Å². The van der Waals surface area contributed by atoms with Gasteiger partial charge < -0.3 is 4.90 Å². The number of halogens is 1. The van der Waals surface area contributed by atoms with Crippen molar-refractivity contribution in [3.05, 3.63) is 70.1 Å². The number of allylic oxidation sites excluding steroid dienone is 1. The van der Waals surface area contributed by atoms with Gasteiger partial charge in [0.05, 0.1) is 11.2 Å². The van der Waals surface area contributed by atoms with Gasteiger partial charge >= 0.3 is 0 Å². The van der Waals surface area contributed by atoms with Crippen LogP contribution in [-0.4, -0.2) is 29.0 Å². The Morgan fingerprint density at radius 3 is 2.51 bits per heavy atom. The first-order valence-electron chi connectivity index (χ1n) is 11.7. The van der Waals surface area contributed by atoms with Gasteiger partial charge in [-0.25, -0.2) is 4.39 Å². The Morgan fingerprint density at radius 1 is 1.11 bits per heavy atom. The highest BCUT2D eigenvalue weighted by Gasteiger charge is 2.36. The van der Waals surface area contributed by atoms with Crippen LogP contribution in [-0.2, 0) is 9.59 Å². The van der Waals surface area contributed by atoms with Gasteiger partial charge in [0.15, 0.2) is 5.11 Å². The van der Waals surface area contributed by atoms with Crippen molar-refractivity contribution in [2.24, 2.45) is 0 Å². The topological polar surface area (TPSA) is 52.7 Å². The molecule has 0 saturated carbocycles. The summed E-state index contributed by atoms with van der Waals surface area (Å²) in [5.74, 6) is -1.71. The molecule has 1 saturated heterocycles. The third-order valence-corrected chi connectivity index (χ3v) is 7.05. The number of anilines is 2. The predicted molar refractivity (Wildman–Crippen MR) is 144 cm³/mol. The van der Waals surface area contributed by atoms with E-state index in [-0.39, 0.29) is 21.8 Å². The lowest BCUT2D eigenvalue weighted by atomic mass is 9.87. The van der Waals surface area contributed by atoms with Gasteiger partial charge in [-0.2, -0.15) is 0 Å². The molecule has 182 valence electrons. The zero-order valence-electron chi connectivity index (χ0n) is 21.0. The summed E-state index contributed by atoms with van der Waals surface area (Å²) in [4.78, 5) is 29.7. The Kier molecular flexibility index (Phi) is 6.40. The molecule has 35 heavy (non-hydrogen) atoms. The van der Waals surface area contributed by atoms with E-state index in [0.717, 1.165) is 40.9 Å². The van der Waals surface area contributed by atoms with Crippen LogP contribution >= 0.6 is 12.2 Å². The molecule has 0 unspecified atom stereocenters. The summed E-state index contributed by atoms with van der Waals surface area (Å²) in [6, 6.07) is 8.77. The molecule has 1 fully saturated rings. The number of nitrogens with one attached hydrogen (secondary N) is 1. The molecule has 0 aliphatic carbocycles. The van der Waals surface area contributed by atoms with Gasteiger partial charge in [-0.3, -0.25) is 19.8 Å². The lowest BCUT2D eigenvalue weighted by molar-refractivity contribution is -0.122. The molecule has 2 amide bonds. The van der Waals surface area contributed by atoms with Crippen molar-refractivity contribution in [3.8, 4) is 0 Å². The highest BCUT2D eigenvalue weighted by Crippen LogP contribution is 2.40. The summed E-state index contributed by atoms with van der Waals surface area (Å²) < 4.78 is 15.4. The van der Waals surface area contributed by atoms with Crippen LogP contribution in [0.3, 0.4) is 0 Å². The van der Waals surface area contributed by atoms with Gasteiger partial charge in [0.25, 0.3) is 11.8 Å². The molecule has 0 spiro atoms. The number of aryl methyl sites for hydroxylation is 1. The van der Waals surface area contributed by atoms with E-state index in [1.807, 2.05) is 32.9 Å². The van der Waals surface area contributed by atoms with E-state index in [2.05, 4.69) is 37.1 Å². The number of nitrogens with zero attached hydrogens (tertiary/aromatic N) is 2. The van der Waals surface area contributed by atoms with Gasteiger partial charge in [-0.1, -0.05) is 25.1 Å². The fourth-order valence-corrected chi connectivity index (χ4v) is 5.14. The molecule has 0 atom stereocenters. The second kappa shape index (κ2) is 9.04. The molecule has 4 rings (SSSR count). The Hall–Kier alpha value is -3.32. The smallest absolute Gasteiger partial charge is 0.270 e. The van der Waals surface area contributed by atoms with Crippen LogP contribution in [0.2, 0.25) is 0 Å². The molecule has 2 aliphatic heterocycles. The number of carbonyl (C=O) groups excluding carboxylic acids is 2. The zero-order valence-corrected chi connectivity index (χ0v) is 21.8. The summed E-state index contributed by atoms with van der Waals surface area (Å²) in [5.41, 5.74) is 4.94. The molecule has 5 nitrogen and oxygen atoms in total. The summed E-state index contributed by atoms with van der Waals surface area (Å²) in [5, 5.41) is 2.60. The van der Waals surface area contributed by atoms with Crippen molar-refractivity contribution in [2.45, 2.75) is 53.5 Å². The van der Waals surface area contributed by atoms with Gasteiger partial charge in [0.1, 0.15) is 11.4 Å². The number of thiocarbonyl (C=S) groups is 1. The lowest BCUT2D eigenvalue weighted by Crippen LogP contribution is -2.54. The number of carbonyl (C=O) groups is 2. The summed E-state index contributed by atoms with van der Waals surface area (Å²) in [7, 11) is 0. The fourth-order valence-electron chi connectivity index (χ4n) is 4.87. The average molecular weight is 492 g/mol. The summed E-state index contributed by atoms with van der Waals surface area (Å²) in [6.45, 7) is 12.9. The number of fused-ring (bicyclic) bond motifs is 1. The second-order valence-electron chi connectivity index (χ2n) is 9.70. The van der Waals surface area contributed by atoms with Crippen molar-refractivity contribution < 1.29 is 14.0 Å². The molecular formula is C28H30FN3O2S. The maximum atomic E-state index is 15.4. The minimum Gasteiger partial charge on any atom is -0.362 e. The average Bonchev–Trinajstić information content (AvgIpc) is 2.77. The van der Waals surface area contributed by atoms with E-state index in [1.54, 1.807) is 12.1 Å². The predicted octanol–water partition coefficient (Wildman–Crippen LogP) is 5.69. The quantitative estimate of drug-likeness (QED) is 0.339. The minimum atomic E-state index is -0.639. The number of rotatable bonds is 4. The number of amides is 2. The molecule has 7 heteroatoms. The molecule has 0 aromatic heterocycles. The van der Waals surface area contributed by atoms with E-state index in [0.29, 0.717) is 5.69 Å². The summed E-state index contributed by atoms with van der Waals surface area (Å²) >= 11 is 5.32. The normalized spacial score (nSPS) is 18.5. The van der Waals surface area contributed by atoms with Crippen molar-refractivity contribution >= 4 is 52.2 Å². The van der Waals surface area contributed by atoms with E-state index >= 15 is 4.39 Å². The first-order valence-corrected chi connectivity index (χ1v) is 12.2. The Labute approximate surface area is 211 Å². The van der Waals surface area contributed by atoms with Gasteiger partial charge in [-0.15, -0.1) is 0 Å². The molecule has 2 aliphatic rings. The van der Waals surface area contributed by atoms with Gasteiger partial charge in [0.2, 0.25) is 0 Å². The van der Waals surface area contributed by atoms with Crippen molar-refractivity contribution in [1.82, 2.24) is 5.32 Å². The molecular weight excluding hydrogens is 461 g/mol. The Bertz CT molecular complexity index is 1330. The van der Waals surface area contributed by atoms with Gasteiger partial charge in [0, 0.05) is 23.4 Å². The summed E-state index contributed by atoms with van der Waals surface area (Å²) in [6.07, 6.45) is 4.41. The first-order chi connectivity index (χ1) is 16.5. The molecule has 2 heterocycles. The number of hydrogen-bond acceptors (Lipinski definition) is 4. The van der Waals surface area contributed by atoms with E-state index in [1.165, 1.54) is 17.0 Å². The van der Waals surface area contributed by atoms with E-state index in [9.17, 15) is 9.59 Å². The van der Waals surface area contributed by atoms with Crippen LogP contribution in [0, 0.1) is 19.7 Å². The first kappa shape index (κ1) is 24.8. The highest BCUT2D eigenvalue weighted by molar-refractivity contribution is 7.80. The largest absolute Gasteiger partial charge is 0.362 e. The fraction of sp³-hybridized carbons (Fsp3) is 0.321. The third-order valence-electron chi connectivity index (χ3n) is 6.76. The third kappa shape index (κ3) is 4.29. The zero-order chi connectivity index (χ0) is 25.7. The maximum Gasteiger partial charge on any atom is 0.270 e. The van der Waals surface area contributed by atoms with Crippen LogP contribution in [0.15, 0.2) is 42.0 Å². The SMILES string of the molecule is CCCN1c2cc(F)c(/C=C3/C(=O)NC(=S)N(c4cccc(C)c4C)C3=O)cc2C(C)=CC1(C)C. The van der Waals surface area contributed by atoms with Crippen LogP contribution in [0.4, 0.5) is 15.8 Å². The van der Waals surface area contributed by atoms with E-state index in [4.69, 9.17) is 12.2 Å². The Morgan fingerprint density at radius 2 is 1.83 bits per heavy atom. The maximum absolute atomic E-state index is 15.4. The number of hydrogen-bond donors (Lipinski definition) is 1. The number of benzene rings is 2. The molecule has 1 N–H and O–H groups in total. The molecule has 2 aromatic rings. The van der Waals surface area contributed by atoms with Crippen LogP contribution in [0.25, 0.3) is 11.6 Å². The minimum absolute atomic E-state index is 0.00739. The Balaban J connectivity index is 1.81. The monoisotopic (exact) mass is 491 g/mol. The van der Waals surface area contributed by atoms with Gasteiger partial charge in [-0.05, 0) is 94.2 Å². The molecule has 0 radical (unpaired) electrons. The van der Waals surface area contributed by atoms with Crippen LogP contribution in [0.1, 0.15) is 56.4 Å². The van der Waals surface area contributed by atoms with E-state index < -0.39 is 17.6 Å². The standard InChI is InChI=1S/C28H30FN3O2S/c1-7-11-31-24-14-22(29)19(12-20(24)17(3)15-28(31,5)6)13-21-25(33)30-27(35)32(26(21)34)23-10-8-9-16(2)18(23)4/h8-10,12-15H,7,11H2,1-6H3,(H,30,33,35)/b21-13-. The molecule has 2 aromatic carbocycles. The van der Waals surface area contributed by atoms with Crippen LogP contribution < -0.4 is 15.1 Å². The lowest BCUT2D eigenvalue weighted by Gasteiger charge is -2.43. The van der Waals surface area contributed by atoms with Crippen molar-refractivity contribution in [2.75, 3.05) is 16.3 Å². The van der Waals surface area contributed by atoms with Crippen molar-refractivity contribution in [1.29, 1.82) is 0 Å². The highest BCUT2D eigenvalue weighted by atomic mass is 32.1.